The van der Waals surface area contributed by atoms with Crippen molar-refractivity contribution in [3.8, 4) is 0 Å². The molecule has 1 aromatic carbocycles. The SMILES string of the molecule is CCNCCc1ccc(CCCCNC2CC2)cc1. The van der Waals surface area contributed by atoms with Crippen LogP contribution >= 0.6 is 0 Å². The van der Waals surface area contributed by atoms with E-state index < -0.39 is 0 Å². The van der Waals surface area contributed by atoms with Gasteiger partial charge in [-0.1, -0.05) is 31.2 Å². The minimum atomic E-state index is 0.857. The van der Waals surface area contributed by atoms with E-state index in [0.29, 0.717) is 0 Å². The Hall–Kier alpha value is -0.860. The number of unbranched alkanes of at least 4 members (excludes halogenated alkanes) is 1. The maximum absolute atomic E-state index is 3.57. The van der Waals surface area contributed by atoms with Gasteiger partial charge in [0.1, 0.15) is 0 Å². The Morgan fingerprint density at radius 1 is 0.947 bits per heavy atom. The fourth-order valence-corrected chi connectivity index (χ4v) is 2.33. The van der Waals surface area contributed by atoms with Crippen LogP contribution in [0.4, 0.5) is 0 Å². The van der Waals surface area contributed by atoms with E-state index in [1.807, 2.05) is 0 Å². The zero-order chi connectivity index (χ0) is 13.3. The van der Waals surface area contributed by atoms with E-state index in [1.165, 1.54) is 49.8 Å². The number of hydrogen-bond acceptors (Lipinski definition) is 2. The molecule has 0 saturated heterocycles. The highest BCUT2D eigenvalue weighted by Gasteiger charge is 2.19. The molecule has 0 spiro atoms. The van der Waals surface area contributed by atoms with Gasteiger partial charge in [0.25, 0.3) is 0 Å². The van der Waals surface area contributed by atoms with Gasteiger partial charge in [-0.05, 0) is 69.3 Å². The third-order valence-electron chi connectivity index (χ3n) is 3.77. The van der Waals surface area contributed by atoms with Crippen LogP contribution in [0.1, 0.15) is 43.7 Å². The molecule has 1 saturated carbocycles. The fraction of sp³-hybridized carbons (Fsp3) is 0.647. The zero-order valence-electron chi connectivity index (χ0n) is 12.3. The largest absolute Gasteiger partial charge is 0.317 e. The van der Waals surface area contributed by atoms with E-state index in [-0.39, 0.29) is 0 Å². The monoisotopic (exact) mass is 260 g/mol. The van der Waals surface area contributed by atoms with Crippen LogP contribution in [0.15, 0.2) is 24.3 Å². The lowest BCUT2D eigenvalue weighted by Gasteiger charge is -2.06. The van der Waals surface area contributed by atoms with Crippen molar-refractivity contribution in [2.75, 3.05) is 19.6 Å². The molecule has 1 aliphatic carbocycles. The Kier molecular flexibility index (Phi) is 6.38. The molecule has 2 N–H and O–H groups in total. The van der Waals surface area contributed by atoms with E-state index in [4.69, 9.17) is 0 Å². The molecule has 19 heavy (non-hydrogen) atoms. The van der Waals surface area contributed by atoms with Gasteiger partial charge in [0, 0.05) is 6.04 Å². The van der Waals surface area contributed by atoms with Crippen molar-refractivity contribution in [1.29, 1.82) is 0 Å². The molecule has 1 aliphatic rings. The predicted octanol–water partition coefficient (Wildman–Crippen LogP) is 2.91. The van der Waals surface area contributed by atoms with Crippen molar-refractivity contribution >= 4 is 0 Å². The van der Waals surface area contributed by atoms with Crippen molar-refractivity contribution in [3.63, 3.8) is 0 Å². The summed E-state index contributed by atoms with van der Waals surface area (Å²) in [4.78, 5) is 0. The Morgan fingerprint density at radius 2 is 1.63 bits per heavy atom. The summed E-state index contributed by atoms with van der Waals surface area (Å²) in [6.45, 7) is 5.50. The summed E-state index contributed by atoms with van der Waals surface area (Å²) >= 11 is 0. The molecule has 106 valence electrons. The molecular weight excluding hydrogens is 232 g/mol. The molecule has 0 aliphatic heterocycles. The summed E-state index contributed by atoms with van der Waals surface area (Å²) < 4.78 is 0. The summed E-state index contributed by atoms with van der Waals surface area (Å²) in [7, 11) is 0. The average molecular weight is 260 g/mol. The second-order valence-electron chi connectivity index (χ2n) is 5.61. The van der Waals surface area contributed by atoms with Crippen molar-refractivity contribution in [2.45, 2.75) is 51.5 Å². The molecule has 0 heterocycles. The molecule has 0 atom stereocenters. The van der Waals surface area contributed by atoms with Crippen LogP contribution < -0.4 is 10.6 Å². The highest BCUT2D eigenvalue weighted by Crippen LogP contribution is 2.18. The number of nitrogens with one attached hydrogen (secondary N) is 2. The molecule has 0 aromatic heterocycles. The Morgan fingerprint density at radius 3 is 2.26 bits per heavy atom. The topological polar surface area (TPSA) is 24.1 Å². The minimum absolute atomic E-state index is 0.857. The van der Waals surface area contributed by atoms with E-state index in [9.17, 15) is 0 Å². The average Bonchev–Trinajstić information content (AvgIpc) is 3.25. The lowest BCUT2D eigenvalue weighted by atomic mass is 10.0. The molecular formula is C17H28N2. The second kappa shape index (κ2) is 8.34. The van der Waals surface area contributed by atoms with Gasteiger partial charge in [-0.2, -0.15) is 0 Å². The molecule has 0 radical (unpaired) electrons. The highest BCUT2D eigenvalue weighted by molar-refractivity contribution is 5.22. The van der Waals surface area contributed by atoms with Gasteiger partial charge in [0.2, 0.25) is 0 Å². The van der Waals surface area contributed by atoms with Gasteiger partial charge >= 0.3 is 0 Å². The highest BCUT2D eigenvalue weighted by atomic mass is 14.9. The smallest absolute Gasteiger partial charge is 0.00682 e. The lowest BCUT2D eigenvalue weighted by molar-refractivity contribution is 0.620. The first kappa shape index (κ1) is 14.5. The first-order valence-electron chi connectivity index (χ1n) is 7.90. The molecule has 1 aromatic rings. The second-order valence-corrected chi connectivity index (χ2v) is 5.61. The number of rotatable bonds is 10. The first-order valence-corrected chi connectivity index (χ1v) is 7.90. The van der Waals surface area contributed by atoms with Gasteiger partial charge in [0.15, 0.2) is 0 Å². The zero-order valence-corrected chi connectivity index (χ0v) is 12.3. The number of aryl methyl sites for hydroxylation is 1. The Labute approximate surface area is 118 Å². The van der Waals surface area contributed by atoms with Gasteiger partial charge in [-0.3, -0.25) is 0 Å². The van der Waals surface area contributed by atoms with Crippen LogP contribution in [-0.2, 0) is 12.8 Å². The van der Waals surface area contributed by atoms with Crippen LogP contribution in [0.25, 0.3) is 0 Å². The van der Waals surface area contributed by atoms with Crippen molar-refractivity contribution < 1.29 is 0 Å². The molecule has 2 rings (SSSR count). The van der Waals surface area contributed by atoms with E-state index >= 15 is 0 Å². The Bertz CT molecular complexity index is 341. The number of likely N-dealkylation sites (N-methyl/N-ethyl adjacent to an activating group) is 1. The quantitative estimate of drug-likeness (QED) is 0.632. The van der Waals surface area contributed by atoms with E-state index in [0.717, 1.165) is 25.6 Å². The minimum Gasteiger partial charge on any atom is -0.317 e. The van der Waals surface area contributed by atoms with Crippen LogP contribution in [-0.4, -0.2) is 25.7 Å². The number of benzene rings is 1. The van der Waals surface area contributed by atoms with Crippen LogP contribution in [0.5, 0.6) is 0 Å². The summed E-state index contributed by atoms with van der Waals surface area (Å²) in [5.74, 6) is 0. The van der Waals surface area contributed by atoms with Crippen LogP contribution in [0.2, 0.25) is 0 Å². The summed E-state index contributed by atoms with van der Waals surface area (Å²) in [6, 6.07) is 10.0. The van der Waals surface area contributed by atoms with Crippen molar-refractivity contribution in [3.05, 3.63) is 35.4 Å². The fourth-order valence-electron chi connectivity index (χ4n) is 2.33. The molecule has 0 bridgehead atoms. The first-order chi connectivity index (χ1) is 9.38. The van der Waals surface area contributed by atoms with Crippen LogP contribution in [0, 0.1) is 0 Å². The summed E-state index contributed by atoms with van der Waals surface area (Å²) in [5.41, 5.74) is 2.93. The maximum Gasteiger partial charge on any atom is 0.00682 e. The van der Waals surface area contributed by atoms with Gasteiger partial charge in [0.05, 0.1) is 0 Å². The van der Waals surface area contributed by atoms with Gasteiger partial charge in [-0.15, -0.1) is 0 Å². The lowest BCUT2D eigenvalue weighted by Crippen LogP contribution is -2.17. The summed E-state index contributed by atoms with van der Waals surface area (Å²) in [5, 5.41) is 6.94. The van der Waals surface area contributed by atoms with E-state index in [2.05, 4.69) is 41.8 Å². The van der Waals surface area contributed by atoms with Crippen LogP contribution in [0.3, 0.4) is 0 Å². The van der Waals surface area contributed by atoms with Crippen molar-refractivity contribution in [1.82, 2.24) is 10.6 Å². The molecule has 2 nitrogen and oxygen atoms in total. The molecule has 0 unspecified atom stereocenters. The predicted molar refractivity (Wildman–Crippen MR) is 82.7 cm³/mol. The normalized spacial score (nSPS) is 14.8. The van der Waals surface area contributed by atoms with Crippen molar-refractivity contribution in [2.24, 2.45) is 0 Å². The van der Waals surface area contributed by atoms with E-state index in [1.54, 1.807) is 0 Å². The molecule has 2 heteroatoms. The molecule has 1 fully saturated rings. The third-order valence-corrected chi connectivity index (χ3v) is 3.77. The summed E-state index contributed by atoms with van der Waals surface area (Å²) in [6.07, 6.45) is 7.76. The van der Waals surface area contributed by atoms with Gasteiger partial charge in [-0.25, -0.2) is 0 Å². The number of hydrogen-bond donors (Lipinski definition) is 2. The molecule has 0 amide bonds. The Balaban J connectivity index is 1.57. The third kappa shape index (κ3) is 6.22. The maximum atomic E-state index is 3.57. The van der Waals surface area contributed by atoms with Gasteiger partial charge < -0.3 is 10.6 Å². The standard InChI is InChI=1S/C17H28N2/c1-2-18-14-12-16-8-6-15(7-9-16)5-3-4-13-19-17-10-11-17/h6-9,17-19H,2-5,10-14H2,1H3.